The lowest BCUT2D eigenvalue weighted by atomic mass is 10.0. The molecular formula is C17H23NO2. The van der Waals surface area contributed by atoms with E-state index >= 15 is 0 Å². The van der Waals surface area contributed by atoms with Gasteiger partial charge in [0.25, 0.3) is 5.91 Å². The molecular weight excluding hydrogens is 250 g/mol. The van der Waals surface area contributed by atoms with E-state index < -0.39 is 0 Å². The second kappa shape index (κ2) is 7.12. The molecule has 1 aromatic rings. The Kier molecular flexibility index (Phi) is 5.79. The zero-order chi connectivity index (χ0) is 15.3. The highest BCUT2D eigenvalue weighted by Crippen LogP contribution is 2.15. The molecule has 0 aromatic heterocycles. The molecule has 1 amide bonds. The monoisotopic (exact) mass is 273 g/mol. The van der Waals surface area contributed by atoms with E-state index in [1.165, 1.54) is 0 Å². The van der Waals surface area contributed by atoms with Crippen LogP contribution in [0.15, 0.2) is 18.2 Å². The Morgan fingerprint density at radius 2 is 2.00 bits per heavy atom. The minimum absolute atomic E-state index is 0.00162. The van der Waals surface area contributed by atoms with Crippen molar-refractivity contribution in [3.63, 3.8) is 0 Å². The van der Waals surface area contributed by atoms with Gasteiger partial charge in [0.1, 0.15) is 6.61 Å². The van der Waals surface area contributed by atoms with Crippen LogP contribution in [0.1, 0.15) is 42.3 Å². The first kappa shape index (κ1) is 16.3. The van der Waals surface area contributed by atoms with Crippen LogP contribution >= 0.6 is 0 Å². The van der Waals surface area contributed by atoms with Crippen molar-refractivity contribution in [1.29, 1.82) is 0 Å². The van der Waals surface area contributed by atoms with Crippen molar-refractivity contribution < 1.29 is 9.90 Å². The molecule has 0 spiro atoms. The molecule has 1 atom stereocenters. The molecule has 20 heavy (non-hydrogen) atoms. The molecule has 0 saturated carbocycles. The number of aliphatic hydroxyl groups is 1. The minimum atomic E-state index is -0.179. The number of nitrogens with zero attached hydrogens (tertiary/aromatic N) is 1. The van der Waals surface area contributed by atoms with Crippen LogP contribution in [0, 0.1) is 24.7 Å². The maximum Gasteiger partial charge on any atom is 0.253 e. The lowest BCUT2D eigenvalue weighted by molar-refractivity contribution is 0.0707. The Morgan fingerprint density at radius 1 is 1.35 bits per heavy atom. The Hall–Kier alpha value is -1.79. The molecule has 0 saturated heterocycles. The van der Waals surface area contributed by atoms with Gasteiger partial charge in [0, 0.05) is 24.2 Å². The summed E-state index contributed by atoms with van der Waals surface area (Å²) in [7, 11) is 1.83. The number of amides is 1. The fraction of sp³-hybridized carbons (Fsp3) is 0.471. The fourth-order valence-corrected chi connectivity index (χ4v) is 1.86. The summed E-state index contributed by atoms with van der Waals surface area (Å²) in [5.41, 5.74) is 2.42. The van der Waals surface area contributed by atoms with E-state index in [9.17, 15) is 4.79 Å². The van der Waals surface area contributed by atoms with Crippen LogP contribution < -0.4 is 0 Å². The van der Waals surface area contributed by atoms with Gasteiger partial charge in [-0.3, -0.25) is 4.79 Å². The van der Waals surface area contributed by atoms with Gasteiger partial charge in [-0.1, -0.05) is 31.8 Å². The maximum atomic E-state index is 12.5. The smallest absolute Gasteiger partial charge is 0.253 e. The third-order valence-electron chi connectivity index (χ3n) is 3.68. The third kappa shape index (κ3) is 3.85. The molecule has 0 aliphatic heterocycles. The second-order valence-corrected chi connectivity index (χ2v) is 5.39. The van der Waals surface area contributed by atoms with Gasteiger partial charge in [-0.25, -0.2) is 0 Å². The molecule has 108 valence electrons. The first-order chi connectivity index (χ1) is 9.38. The predicted molar refractivity (Wildman–Crippen MR) is 81.5 cm³/mol. The molecule has 1 rings (SSSR count). The first-order valence-electron chi connectivity index (χ1n) is 6.86. The predicted octanol–water partition coefficient (Wildman–Crippen LogP) is 2.46. The quantitative estimate of drug-likeness (QED) is 0.859. The van der Waals surface area contributed by atoms with E-state index in [4.69, 9.17) is 5.11 Å². The van der Waals surface area contributed by atoms with Crippen LogP contribution in [-0.4, -0.2) is 35.6 Å². The zero-order valence-corrected chi connectivity index (χ0v) is 12.9. The molecule has 3 heteroatoms. The summed E-state index contributed by atoms with van der Waals surface area (Å²) < 4.78 is 0. The van der Waals surface area contributed by atoms with E-state index in [0.717, 1.165) is 11.1 Å². The van der Waals surface area contributed by atoms with Crippen LogP contribution in [0.4, 0.5) is 0 Å². The van der Waals surface area contributed by atoms with Crippen LogP contribution in [0.2, 0.25) is 0 Å². The lowest BCUT2D eigenvalue weighted by Gasteiger charge is -2.28. The van der Waals surface area contributed by atoms with E-state index in [1.54, 1.807) is 11.0 Å². The van der Waals surface area contributed by atoms with Crippen molar-refractivity contribution >= 4 is 5.91 Å². The van der Waals surface area contributed by atoms with Gasteiger partial charge in [0.05, 0.1) is 0 Å². The van der Waals surface area contributed by atoms with Gasteiger partial charge in [0.15, 0.2) is 0 Å². The number of aliphatic hydroxyl groups excluding tert-OH is 1. The molecule has 1 unspecified atom stereocenters. The highest BCUT2D eigenvalue weighted by atomic mass is 16.2. The number of carbonyl (C=O) groups excluding carboxylic acids is 1. The highest BCUT2D eigenvalue weighted by Gasteiger charge is 2.20. The average Bonchev–Trinajstić information content (AvgIpc) is 2.43. The van der Waals surface area contributed by atoms with Crippen molar-refractivity contribution in [2.45, 2.75) is 33.7 Å². The Bertz CT molecular complexity index is 538. The lowest BCUT2D eigenvalue weighted by Crippen LogP contribution is -2.38. The van der Waals surface area contributed by atoms with Crippen molar-refractivity contribution in [2.24, 2.45) is 5.92 Å². The van der Waals surface area contributed by atoms with Gasteiger partial charge in [-0.2, -0.15) is 0 Å². The van der Waals surface area contributed by atoms with Crippen LogP contribution in [0.25, 0.3) is 0 Å². The Balaban J connectivity index is 3.05. The largest absolute Gasteiger partial charge is 0.384 e. The molecule has 0 bridgehead atoms. The molecule has 1 aromatic carbocycles. The SMILES string of the molecule is Cc1ccc(C(=O)N(C)C(C)C(C)C)cc1C#CCO. The molecule has 0 aliphatic rings. The Morgan fingerprint density at radius 3 is 2.55 bits per heavy atom. The van der Waals surface area contributed by atoms with E-state index in [0.29, 0.717) is 11.5 Å². The number of benzene rings is 1. The van der Waals surface area contributed by atoms with Gasteiger partial charge in [0.2, 0.25) is 0 Å². The molecule has 0 fully saturated rings. The summed E-state index contributed by atoms with van der Waals surface area (Å²) in [5, 5.41) is 8.77. The number of carbonyl (C=O) groups is 1. The summed E-state index contributed by atoms with van der Waals surface area (Å²) in [6.45, 7) is 8.00. The minimum Gasteiger partial charge on any atom is -0.384 e. The van der Waals surface area contributed by atoms with Gasteiger partial charge in [-0.05, 0) is 37.5 Å². The van der Waals surface area contributed by atoms with Crippen molar-refractivity contribution in [1.82, 2.24) is 4.90 Å². The topological polar surface area (TPSA) is 40.5 Å². The molecule has 3 nitrogen and oxygen atoms in total. The Labute approximate surface area is 121 Å². The summed E-state index contributed by atoms with van der Waals surface area (Å²) in [6.07, 6.45) is 0. The number of rotatable bonds is 3. The van der Waals surface area contributed by atoms with Gasteiger partial charge in [-0.15, -0.1) is 0 Å². The maximum absolute atomic E-state index is 12.5. The first-order valence-corrected chi connectivity index (χ1v) is 6.86. The van der Waals surface area contributed by atoms with E-state index in [2.05, 4.69) is 25.7 Å². The van der Waals surface area contributed by atoms with Crippen molar-refractivity contribution in [3.05, 3.63) is 34.9 Å². The van der Waals surface area contributed by atoms with Crippen LogP contribution in [0.5, 0.6) is 0 Å². The molecule has 1 N–H and O–H groups in total. The van der Waals surface area contributed by atoms with Gasteiger partial charge < -0.3 is 10.0 Å². The van der Waals surface area contributed by atoms with Crippen molar-refractivity contribution in [2.75, 3.05) is 13.7 Å². The second-order valence-electron chi connectivity index (χ2n) is 5.39. The van der Waals surface area contributed by atoms with Crippen LogP contribution in [0.3, 0.4) is 0 Å². The number of hydrogen-bond donors (Lipinski definition) is 1. The van der Waals surface area contributed by atoms with Crippen molar-refractivity contribution in [3.8, 4) is 11.8 Å². The summed E-state index contributed by atoms with van der Waals surface area (Å²) in [6, 6.07) is 5.69. The normalized spacial score (nSPS) is 11.8. The average molecular weight is 273 g/mol. The van der Waals surface area contributed by atoms with E-state index in [1.807, 2.05) is 33.0 Å². The standard InChI is InChI=1S/C17H23NO2/c1-12(2)14(4)18(5)17(20)16-9-8-13(3)15(11-16)7-6-10-19/h8-9,11-12,14,19H,10H2,1-5H3. The zero-order valence-electron chi connectivity index (χ0n) is 12.9. The highest BCUT2D eigenvalue weighted by molar-refractivity contribution is 5.94. The molecule has 0 radical (unpaired) electrons. The van der Waals surface area contributed by atoms with Crippen LogP contribution in [-0.2, 0) is 0 Å². The molecule has 0 heterocycles. The summed E-state index contributed by atoms with van der Waals surface area (Å²) >= 11 is 0. The summed E-state index contributed by atoms with van der Waals surface area (Å²) in [5.74, 6) is 5.90. The number of hydrogen-bond acceptors (Lipinski definition) is 2. The number of aryl methyl sites for hydroxylation is 1. The molecule has 0 aliphatic carbocycles. The van der Waals surface area contributed by atoms with E-state index in [-0.39, 0.29) is 18.6 Å². The third-order valence-corrected chi connectivity index (χ3v) is 3.68. The fourth-order valence-electron chi connectivity index (χ4n) is 1.86. The van der Waals surface area contributed by atoms with Gasteiger partial charge >= 0.3 is 0 Å². The summed E-state index contributed by atoms with van der Waals surface area (Å²) in [4.78, 5) is 14.2.